The highest BCUT2D eigenvalue weighted by Gasteiger charge is 2.41. The van der Waals surface area contributed by atoms with Crippen LogP contribution < -0.4 is 49.5 Å². The number of Topliss-reactive ketones (excluding diaryl/α,β-unsaturated/α-hetero) is 2. The van der Waals surface area contributed by atoms with Gasteiger partial charge in [0.2, 0.25) is 53.2 Å². The van der Waals surface area contributed by atoms with E-state index in [9.17, 15) is 52.7 Å². The van der Waals surface area contributed by atoms with Crippen molar-refractivity contribution >= 4 is 86.3 Å². The van der Waals surface area contributed by atoms with Gasteiger partial charge in [0, 0.05) is 56.6 Å². The van der Waals surface area contributed by atoms with Crippen molar-refractivity contribution in [2.45, 2.75) is 148 Å². The third-order valence-corrected chi connectivity index (χ3v) is 14.5. The van der Waals surface area contributed by atoms with Crippen LogP contribution in [-0.4, -0.2) is 130 Å². The molecule has 9 atom stereocenters. The largest absolute Gasteiger partial charge is 0.370 e. The van der Waals surface area contributed by atoms with Crippen LogP contribution in [0.1, 0.15) is 103 Å². The first-order valence-corrected chi connectivity index (χ1v) is 25.8. The molecule has 382 valence electrons. The summed E-state index contributed by atoms with van der Waals surface area (Å²) in [5.41, 5.74) is 24.3. The molecular weight excluding hydrogens is 933 g/mol. The van der Waals surface area contributed by atoms with Crippen molar-refractivity contribution in [3.63, 3.8) is 0 Å². The van der Waals surface area contributed by atoms with Crippen LogP contribution in [0.5, 0.6) is 0 Å². The van der Waals surface area contributed by atoms with E-state index in [1.54, 1.807) is 26.0 Å². The summed E-state index contributed by atoms with van der Waals surface area (Å²) in [6, 6.07) is -1.25. The first-order chi connectivity index (χ1) is 32.5. The number of ketones is 2. The lowest BCUT2D eigenvalue weighted by Crippen LogP contribution is -2.59. The van der Waals surface area contributed by atoms with Gasteiger partial charge in [-0.25, -0.2) is 0 Å². The van der Waals surface area contributed by atoms with Crippen molar-refractivity contribution in [2.75, 3.05) is 18.1 Å². The maximum absolute atomic E-state index is 14.5. The fourth-order valence-electron chi connectivity index (χ4n) is 7.86. The summed E-state index contributed by atoms with van der Waals surface area (Å²) in [5.74, 6) is -10.3. The lowest BCUT2D eigenvalue weighted by Gasteiger charge is -2.31. The minimum atomic E-state index is -1.48. The van der Waals surface area contributed by atoms with Crippen LogP contribution in [0.25, 0.3) is 0 Å². The van der Waals surface area contributed by atoms with Crippen LogP contribution in [0.4, 0.5) is 0 Å². The predicted molar refractivity (Wildman–Crippen MR) is 260 cm³/mol. The number of rotatable bonds is 18. The fourth-order valence-corrected chi connectivity index (χ4v) is 10.1. The number of aryl methyl sites for hydroxylation is 1. The Labute approximate surface area is 410 Å². The average Bonchev–Trinajstić information content (AvgIpc) is 3.78. The van der Waals surface area contributed by atoms with E-state index in [-0.39, 0.29) is 68.9 Å². The maximum atomic E-state index is 14.5. The second kappa shape index (κ2) is 28.2. The number of primary amides is 3. The van der Waals surface area contributed by atoms with Gasteiger partial charge in [0.15, 0.2) is 11.6 Å². The molecule has 2 saturated heterocycles. The molecule has 0 spiro atoms. The molecule has 3 rings (SSSR count). The molecule has 0 aliphatic carbocycles. The molecule has 0 aromatic heterocycles. The number of hydrogen-bond acceptors (Lipinski definition) is 14. The highest BCUT2D eigenvalue weighted by molar-refractivity contribution is 8.76. The topological polar surface area (TPSA) is 355 Å². The Morgan fingerprint density at radius 2 is 1.42 bits per heavy atom. The zero-order valence-corrected chi connectivity index (χ0v) is 41.7. The van der Waals surface area contributed by atoms with Gasteiger partial charge in [0.25, 0.3) is 0 Å². The first kappa shape index (κ1) is 57.8. The summed E-state index contributed by atoms with van der Waals surface area (Å²) < 4.78 is 0. The van der Waals surface area contributed by atoms with Gasteiger partial charge in [-0.05, 0) is 50.0 Å². The number of nitrogens with zero attached hydrogens (tertiary/aromatic N) is 1. The van der Waals surface area contributed by atoms with Gasteiger partial charge in [0.05, 0.1) is 24.0 Å². The second-order valence-corrected chi connectivity index (χ2v) is 20.8. The van der Waals surface area contributed by atoms with E-state index < -0.39 is 132 Å². The third kappa shape index (κ3) is 19.0. The van der Waals surface area contributed by atoms with Gasteiger partial charge >= 0.3 is 0 Å². The van der Waals surface area contributed by atoms with E-state index in [1.807, 2.05) is 32.9 Å². The molecule has 1 aromatic rings. The first-order valence-electron chi connectivity index (χ1n) is 23.3. The molecule has 0 saturated carbocycles. The van der Waals surface area contributed by atoms with Gasteiger partial charge < -0.3 is 54.4 Å². The molecule has 2 heterocycles. The monoisotopic (exact) mass is 1000 g/mol. The SMILES string of the molecule is CC[C@H](C)[C@@H]1NC(=O)[C@H](Cc2ccc(C)cc2)NC(=O)[C@@H](N)CSSC[C@@H](C(=O)N2CCCC2C(=O)N[C@@H](CC(C)C)C(=O)CCC(N)=O)NC(=O)[C@H](CC(N)=O)CC(=O)[C@H](CCC(N)=O)NC1=O. The smallest absolute Gasteiger partial charge is 0.246 e. The lowest BCUT2D eigenvalue weighted by atomic mass is 9.91. The normalized spacial score (nSPS) is 24.5. The van der Waals surface area contributed by atoms with Gasteiger partial charge in [-0.3, -0.25) is 52.7 Å². The zero-order valence-electron chi connectivity index (χ0n) is 40.0. The van der Waals surface area contributed by atoms with Crippen LogP contribution in [0, 0.1) is 24.7 Å². The maximum Gasteiger partial charge on any atom is 0.246 e. The van der Waals surface area contributed by atoms with E-state index in [0.29, 0.717) is 18.4 Å². The Hall–Kier alpha value is -5.55. The molecule has 2 aliphatic rings. The molecule has 23 heteroatoms. The summed E-state index contributed by atoms with van der Waals surface area (Å²) in [6.07, 6.45) is -1.17. The van der Waals surface area contributed by atoms with Crippen molar-refractivity contribution in [1.29, 1.82) is 0 Å². The Bertz CT molecular complexity index is 2040. The zero-order chi connectivity index (χ0) is 51.5. The number of likely N-dealkylation sites (tertiary alicyclic amines) is 1. The van der Waals surface area contributed by atoms with Gasteiger partial charge in [-0.1, -0.05) is 85.5 Å². The van der Waals surface area contributed by atoms with Crippen LogP contribution in [0.3, 0.4) is 0 Å². The van der Waals surface area contributed by atoms with Gasteiger partial charge in [-0.15, -0.1) is 0 Å². The Morgan fingerprint density at radius 1 is 0.783 bits per heavy atom. The van der Waals surface area contributed by atoms with Crippen LogP contribution >= 0.6 is 21.6 Å². The average molecular weight is 1000 g/mol. The molecular formula is C46H70N10O11S2. The van der Waals surface area contributed by atoms with Crippen molar-refractivity contribution in [2.24, 2.45) is 40.7 Å². The number of amides is 9. The van der Waals surface area contributed by atoms with Crippen molar-refractivity contribution in [3.8, 4) is 0 Å². The minimum absolute atomic E-state index is 0.0191. The number of nitrogens with one attached hydrogen (secondary N) is 5. The van der Waals surface area contributed by atoms with Crippen molar-refractivity contribution in [1.82, 2.24) is 31.5 Å². The molecule has 2 aliphatic heterocycles. The van der Waals surface area contributed by atoms with Crippen molar-refractivity contribution in [3.05, 3.63) is 35.4 Å². The number of nitrogens with two attached hydrogens (primary N) is 4. The summed E-state index contributed by atoms with van der Waals surface area (Å²) in [5, 5.41) is 13.5. The molecule has 13 N–H and O–H groups in total. The van der Waals surface area contributed by atoms with Crippen LogP contribution in [-0.2, 0) is 59.2 Å². The number of carbonyl (C=O) groups is 11. The molecule has 69 heavy (non-hydrogen) atoms. The molecule has 21 nitrogen and oxygen atoms in total. The summed E-state index contributed by atoms with van der Waals surface area (Å²) in [4.78, 5) is 149. The third-order valence-electron chi connectivity index (χ3n) is 12.0. The quantitative estimate of drug-likeness (QED) is 0.0824. The highest BCUT2D eigenvalue weighted by atomic mass is 33.1. The highest BCUT2D eigenvalue weighted by Crippen LogP contribution is 2.27. The van der Waals surface area contributed by atoms with Gasteiger partial charge in [-0.2, -0.15) is 0 Å². The van der Waals surface area contributed by atoms with E-state index in [2.05, 4.69) is 26.6 Å². The van der Waals surface area contributed by atoms with Crippen molar-refractivity contribution < 1.29 is 52.7 Å². The molecule has 0 bridgehead atoms. The number of hydrogen-bond donors (Lipinski definition) is 9. The molecule has 1 unspecified atom stereocenters. The molecule has 1 aromatic carbocycles. The van der Waals surface area contributed by atoms with E-state index in [0.717, 1.165) is 27.2 Å². The molecule has 9 amide bonds. The summed E-state index contributed by atoms with van der Waals surface area (Å²) >= 11 is 0. The van der Waals surface area contributed by atoms with Crippen LogP contribution in [0.2, 0.25) is 0 Å². The second-order valence-electron chi connectivity index (χ2n) is 18.3. The lowest BCUT2D eigenvalue weighted by molar-refractivity contribution is -0.142. The summed E-state index contributed by atoms with van der Waals surface area (Å²) in [6.45, 7) is 9.17. The minimum Gasteiger partial charge on any atom is -0.370 e. The van der Waals surface area contributed by atoms with E-state index in [1.165, 1.54) is 4.90 Å². The molecule has 0 radical (unpaired) electrons. The fraction of sp³-hybridized carbons (Fsp3) is 0.630. The Kier molecular flexibility index (Phi) is 23.6. The van der Waals surface area contributed by atoms with E-state index >= 15 is 0 Å². The van der Waals surface area contributed by atoms with Crippen LogP contribution in [0.15, 0.2) is 24.3 Å². The summed E-state index contributed by atoms with van der Waals surface area (Å²) in [7, 11) is 2.15. The Balaban J connectivity index is 2.05. The Morgan fingerprint density at radius 3 is 2.03 bits per heavy atom. The number of benzene rings is 1. The van der Waals surface area contributed by atoms with Gasteiger partial charge in [0.1, 0.15) is 24.2 Å². The predicted octanol–water partition coefficient (Wildman–Crippen LogP) is -0.682. The van der Waals surface area contributed by atoms with E-state index in [4.69, 9.17) is 22.9 Å². The standard InChI is InChI=1S/C46H70N10O11S2/c1-6-26(5)40-45(66)51-30(13-15-37(48)59)36(58)20-28(21-39(50)61)41(62)54-33(23-69-68-22-29(47)42(63)53-32(43(64)55-40)19-27-11-9-25(4)10-12-27)46(67)56-17-7-8-34(56)44(65)52-31(18-24(2)3)35(57)14-16-38(49)60/h9-12,24,26,28-34,40H,6-8,13-23,47H2,1-5H3,(H2,48,59)(H2,49,60)(H2,50,61)(H,51,66)(H,52,65)(H,53,63)(H,54,62)(H,55,64)/t26-,28-,29-,30-,31-,32-,33-,34?,40-/m0/s1. The number of carbonyl (C=O) groups excluding carboxylic acids is 11. The molecule has 2 fully saturated rings.